The van der Waals surface area contributed by atoms with Gasteiger partial charge in [-0.3, -0.25) is 0 Å². The molecule has 74 valence electrons. The summed E-state index contributed by atoms with van der Waals surface area (Å²) in [6.45, 7) is 2.02. The normalized spacial score (nSPS) is 20.3. The van der Waals surface area contributed by atoms with Crippen LogP contribution in [0.2, 0.25) is 11.4 Å². The van der Waals surface area contributed by atoms with Gasteiger partial charge in [0.25, 0.3) is 0 Å². The summed E-state index contributed by atoms with van der Waals surface area (Å²) in [7, 11) is 0. The summed E-state index contributed by atoms with van der Waals surface area (Å²) in [5.74, 6) is 0.549. The van der Waals surface area contributed by atoms with Gasteiger partial charge in [0.05, 0.1) is 0 Å². The third-order valence-electron chi connectivity index (χ3n) is 2.85. The van der Waals surface area contributed by atoms with E-state index >= 15 is 0 Å². The van der Waals surface area contributed by atoms with Crippen molar-refractivity contribution >= 4 is 24.8 Å². The van der Waals surface area contributed by atoms with Crippen LogP contribution in [0.15, 0.2) is 18.2 Å². The molecule has 0 bridgehead atoms. The first-order valence-electron chi connectivity index (χ1n) is 4.94. The molecule has 1 nitrogen and oxygen atoms in total. The molecule has 0 N–H and O–H groups in total. The Hall–Kier alpha value is -0.552. The van der Waals surface area contributed by atoms with E-state index in [9.17, 15) is 4.79 Å². The van der Waals surface area contributed by atoms with E-state index in [4.69, 9.17) is 0 Å². The Balaban J connectivity index is 2.46. The van der Waals surface area contributed by atoms with E-state index in [0.717, 1.165) is 12.0 Å². The molecule has 1 aliphatic carbocycles. The Labute approximate surface area is 89.8 Å². The molecule has 2 heteroatoms. The zero-order chi connectivity index (χ0) is 10.3. The average Bonchev–Trinajstić information content (AvgIpc) is 2.43. The molecule has 1 aromatic rings. The quantitative estimate of drug-likeness (QED) is 0.697. The van der Waals surface area contributed by atoms with Gasteiger partial charge in [0.1, 0.15) is 0 Å². The number of hydrogen-bond donors (Lipinski definition) is 0. The van der Waals surface area contributed by atoms with Crippen molar-refractivity contribution in [2.45, 2.75) is 24.8 Å². The molecule has 14 heavy (non-hydrogen) atoms. The fourth-order valence-electron chi connectivity index (χ4n) is 1.94. The monoisotopic (exact) mass is 250 g/mol. The molecule has 0 saturated carbocycles. The van der Waals surface area contributed by atoms with Crippen LogP contribution in [0.4, 0.5) is 0 Å². The molecular formula is C12H15AsO. The van der Waals surface area contributed by atoms with Crippen molar-refractivity contribution in [3.8, 4) is 0 Å². The van der Waals surface area contributed by atoms with E-state index in [1.165, 1.54) is 9.91 Å². The second-order valence-corrected chi connectivity index (χ2v) is 9.04. The molecule has 0 heterocycles. The van der Waals surface area contributed by atoms with Crippen LogP contribution in [0, 0.1) is 5.92 Å². The van der Waals surface area contributed by atoms with Crippen molar-refractivity contribution in [2.24, 2.45) is 5.92 Å². The third kappa shape index (κ3) is 1.54. The van der Waals surface area contributed by atoms with Gasteiger partial charge in [0.15, 0.2) is 0 Å². The van der Waals surface area contributed by atoms with E-state index in [-0.39, 0.29) is 5.92 Å². The minimum absolute atomic E-state index is 0.204. The van der Waals surface area contributed by atoms with Crippen molar-refractivity contribution in [2.75, 3.05) is 0 Å². The first-order chi connectivity index (χ1) is 6.59. The van der Waals surface area contributed by atoms with Crippen LogP contribution in [-0.4, -0.2) is 20.4 Å². The average molecular weight is 250 g/mol. The molecule has 0 amide bonds. The number of rotatable bonds is 1. The van der Waals surface area contributed by atoms with Crippen molar-refractivity contribution in [1.29, 1.82) is 0 Å². The molecule has 0 aliphatic heterocycles. The van der Waals surface area contributed by atoms with Crippen molar-refractivity contribution in [3.05, 3.63) is 29.3 Å². The summed E-state index contributed by atoms with van der Waals surface area (Å²) in [5.41, 5.74) is 6.86. The third-order valence-corrected chi connectivity index (χ3v) is 5.60. The van der Waals surface area contributed by atoms with Crippen molar-refractivity contribution in [1.82, 2.24) is 0 Å². The van der Waals surface area contributed by atoms with Crippen molar-refractivity contribution < 1.29 is 4.79 Å². The van der Waals surface area contributed by atoms with E-state index in [2.05, 4.69) is 29.6 Å². The maximum atomic E-state index is 11.8. The fourth-order valence-corrected chi connectivity index (χ4v) is 3.53. The summed E-state index contributed by atoms with van der Waals surface area (Å²) in [6.07, 6.45) is 0.939. The Morgan fingerprint density at radius 1 is 1.36 bits per heavy atom. The van der Waals surface area contributed by atoms with Crippen molar-refractivity contribution in [3.63, 3.8) is 0 Å². The zero-order valence-electron chi connectivity index (χ0n) is 8.87. The first-order valence-corrected chi connectivity index (χ1v) is 9.63. The van der Waals surface area contributed by atoms with Crippen LogP contribution in [0.1, 0.15) is 22.8 Å². The zero-order valence-corrected chi connectivity index (χ0v) is 10.7. The van der Waals surface area contributed by atoms with E-state index in [1.807, 2.05) is 6.92 Å². The van der Waals surface area contributed by atoms with Gasteiger partial charge in [0.2, 0.25) is 0 Å². The predicted octanol–water partition coefficient (Wildman–Crippen LogP) is 2.02. The van der Waals surface area contributed by atoms with Gasteiger partial charge in [-0.25, -0.2) is 0 Å². The number of carbonyl (C=O) groups excluding carboxylic acids is 1. The van der Waals surface area contributed by atoms with E-state index in [0.29, 0.717) is 5.78 Å². The van der Waals surface area contributed by atoms with E-state index in [1.54, 1.807) is 0 Å². The Kier molecular flexibility index (Phi) is 2.53. The second kappa shape index (κ2) is 3.55. The number of benzene rings is 1. The summed E-state index contributed by atoms with van der Waals surface area (Å²) in [5, 5.41) is 0. The molecule has 0 aromatic heterocycles. The Bertz CT molecular complexity index is 382. The van der Waals surface area contributed by atoms with Crippen LogP contribution in [0.5, 0.6) is 0 Å². The van der Waals surface area contributed by atoms with Gasteiger partial charge in [-0.2, -0.15) is 0 Å². The molecule has 0 spiro atoms. The molecular weight excluding hydrogens is 235 g/mol. The summed E-state index contributed by atoms with van der Waals surface area (Å²) < 4.78 is 1.42. The number of carbonyl (C=O) groups is 1. The first kappa shape index (κ1) is 9.98. The number of ketones is 1. The van der Waals surface area contributed by atoms with Crippen LogP contribution in [0.25, 0.3) is 0 Å². The molecule has 1 aliphatic rings. The molecule has 2 rings (SSSR count). The fraction of sp³-hybridized carbons (Fsp3) is 0.417. The molecule has 0 fully saturated rings. The second-order valence-electron chi connectivity index (χ2n) is 4.21. The topological polar surface area (TPSA) is 17.1 Å². The molecule has 1 aromatic carbocycles. The van der Waals surface area contributed by atoms with Crippen LogP contribution in [0.3, 0.4) is 0 Å². The van der Waals surface area contributed by atoms with Gasteiger partial charge in [-0.15, -0.1) is 0 Å². The van der Waals surface area contributed by atoms with Gasteiger partial charge < -0.3 is 0 Å². The summed E-state index contributed by atoms with van der Waals surface area (Å²) in [4.78, 5) is 11.8. The number of fused-ring (bicyclic) bond motifs is 1. The standard InChI is InChI=1S/C12H15AsO/c1-8-6-9-4-5-10(13(2)3)7-11(9)12(8)14/h4-5,7-8H,6H2,1-3H3. The van der Waals surface area contributed by atoms with Gasteiger partial charge in [0, 0.05) is 0 Å². The van der Waals surface area contributed by atoms with Gasteiger partial charge >= 0.3 is 89.6 Å². The van der Waals surface area contributed by atoms with Crippen LogP contribution < -0.4 is 4.35 Å². The summed E-state index contributed by atoms with van der Waals surface area (Å²) >= 11 is -0.827. The SMILES string of the molecule is CC1Cc2ccc([As](C)C)cc2C1=O. The molecule has 1 unspecified atom stereocenters. The molecule has 0 saturated heterocycles. The summed E-state index contributed by atoms with van der Waals surface area (Å²) in [6, 6.07) is 6.51. The molecule has 0 radical (unpaired) electrons. The minimum atomic E-state index is -0.827. The number of Topliss-reactive ketones (excluding diaryl/α,β-unsaturated/α-hetero) is 1. The van der Waals surface area contributed by atoms with Crippen LogP contribution in [-0.2, 0) is 6.42 Å². The maximum absolute atomic E-state index is 11.8. The van der Waals surface area contributed by atoms with Gasteiger partial charge in [-0.05, 0) is 0 Å². The molecule has 1 atom stereocenters. The predicted molar refractivity (Wildman–Crippen MR) is 60.8 cm³/mol. The number of hydrogen-bond acceptors (Lipinski definition) is 1. The van der Waals surface area contributed by atoms with Gasteiger partial charge in [-0.1, -0.05) is 0 Å². The van der Waals surface area contributed by atoms with E-state index < -0.39 is 14.7 Å². The Morgan fingerprint density at radius 2 is 2.07 bits per heavy atom. The van der Waals surface area contributed by atoms with Crippen LogP contribution >= 0.6 is 0 Å². The Morgan fingerprint density at radius 3 is 2.71 bits per heavy atom.